The number of nitrogens with zero attached hydrogens (tertiary/aromatic N) is 2. The number of anilines is 1. The highest BCUT2D eigenvalue weighted by atomic mass is 35.5. The molecule has 0 amide bonds. The summed E-state index contributed by atoms with van der Waals surface area (Å²) in [5, 5.41) is 0.914. The smallest absolute Gasteiger partial charge is 0.209 e. The summed E-state index contributed by atoms with van der Waals surface area (Å²) in [5.74, 6) is 0. The summed E-state index contributed by atoms with van der Waals surface area (Å²) < 4.78 is 33.5. The van der Waals surface area contributed by atoms with Gasteiger partial charge in [0.05, 0.1) is 10.3 Å². The summed E-state index contributed by atoms with van der Waals surface area (Å²) in [4.78, 5) is 2.14. The maximum Gasteiger partial charge on any atom is 0.209 e. The van der Waals surface area contributed by atoms with Crippen molar-refractivity contribution in [3.8, 4) is 0 Å². The molecule has 3 aliphatic rings. The van der Waals surface area contributed by atoms with E-state index in [2.05, 4.69) is 124 Å². The molecule has 5 nitrogen and oxygen atoms in total. The Labute approximate surface area is 279 Å². The van der Waals surface area contributed by atoms with E-state index in [1.54, 1.807) is 12.1 Å². The first kappa shape index (κ1) is 33.6. The molecular weight excluding hydrogens is 612 g/mol. The van der Waals surface area contributed by atoms with Gasteiger partial charge < -0.3 is 9.45 Å². The zero-order chi connectivity index (χ0) is 33.4. The predicted molar refractivity (Wildman–Crippen MR) is 189 cm³/mol. The molecule has 0 N–H and O–H groups in total. The Kier molecular flexibility index (Phi) is 9.38. The van der Waals surface area contributed by atoms with Crippen LogP contribution in [0, 0.1) is 6.92 Å². The third kappa shape index (κ3) is 6.44. The SMILES string of the molecule is CN1C(=CC=C2CCCC(C=CC3=[N+](C)c4ccccc4C3(C)C)=C2Cl)C(C)(C)c2ccccc21.Cc1ccc(S(=O)(=O)[O-])cc1. The zero-order valence-corrected chi connectivity index (χ0v) is 29.3. The molecule has 0 bridgehead atoms. The van der Waals surface area contributed by atoms with Crippen molar-refractivity contribution in [2.24, 2.45) is 0 Å². The second-order valence-electron chi connectivity index (χ2n) is 13.3. The Hall–Kier alpha value is -3.71. The van der Waals surface area contributed by atoms with Gasteiger partial charge in [-0.2, -0.15) is 4.58 Å². The van der Waals surface area contributed by atoms with E-state index >= 15 is 0 Å². The zero-order valence-electron chi connectivity index (χ0n) is 27.8. The maximum absolute atomic E-state index is 10.4. The highest BCUT2D eigenvalue weighted by Gasteiger charge is 2.42. The molecule has 46 heavy (non-hydrogen) atoms. The summed E-state index contributed by atoms with van der Waals surface area (Å²) in [6.07, 6.45) is 12.2. The molecule has 2 aliphatic heterocycles. The molecule has 0 spiro atoms. The highest BCUT2D eigenvalue weighted by molar-refractivity contribution is 7.85. The Morgan fingerprint density at radius 2 is 1.48 bits per heavy atom. The van der Waals surface area contributed by atoms with Crippen molar-refractivity contribution in [2.75, 3.05) is 19.0 Å². The van der Waals surface area contributed by atoms with Crippen LogP contribution in [-0.4, -0.2) is 37.4 Å². The van der Waals surface area contributed by atoms with Crippen molar-refractivity contribution in [1.29, 1.82) is 0 Å². The molecule has 0 unspecified atom stereocenters. The largest absolute Gasteiger partial charge is 0.744 e. The van der Waals surface area contributed by atoms with Gasteiger partial charge in [-0.3, -0.25) is 0 Å². The number of para-hydroxylation sites is 2. The lowest BCUT2D eigenvalue weighted by molar-refractivity contribution is -0.401. The molecule has 0 fully saturated rings. The normalized spacial score (nSPS) is 20.3. The van der Waals surface area contributed by atoms with Crippen LogP contribution in [0.15, 0.2) is 124 Å². The van der Waals surface area contributed by atoms with Crippen molar-refractivity contribution in [3.63, 3.8) is 0 Å². The molecule has 1 aliphatic carbocycles. The van der Waals surface area contributed by atoms with Gasteiger partial charge in [0.1, 0.15) is 17.2 Å². The number of hydrogen-bond acceptors (Lipinski definition) is 4. The molecule has 3 aromatic carbocycles. The molecule has 3 aromatic rings. The molecule has 240 valence electrons. The summed E-state index contributed by atoms with van der Waals surface area (Å²) in [6.45, 7) is 11.0. The third-order valence-corrected chi connectivity index (χ3v) is 10.9. The van der Waals surface area contributed by atoms with E-state index in [9.17, 15) is 13.0 Å². The topological polar surface area (TPSA) is 63.5 Å². The van der Waals surface area contributed by atoms with Crippen LogP contribution in [0.3, 0.4) is 0 Å². The van der Waals surface area contributed by atoms with E-state index in [0.717, 1.165) is 29.9 Å². The first-order valence-electron chi connectivity index (χ1n) is 15.7. The minimum atomic E-state index is -4.27. The van der Waals surface area contributed by atoms with Gasteiger partial charge in [-0.05, 0) is 81.0 Å². The van der Waals surface area contributed by atoms with Crippen molar-refractivity contribution in [1.82, 2.24) is 0 Å². The van der Waals surface area contributed by atoms with Crippen LogP contribution in [0.1, 0.15) is 63.6 Å². The fourth-order valence-electron chi connectivity index (χ4n) is 6.88. The van der Waals surface area contributed by atoms with Crippen molar-refractivity contribution in [3.05, 3.63) is 136 Å². The number of allylic oxidation sites excluding steroid dienone is 8. The van der Waals surface area contributed by atoms with Crippen LogP contribution >= 0.6 is 11.6 Å². The molecule has 6 rings (SSSR count). The summed E-state index contributed by atoms with van der Waals surface area (Å²) in [7, 11) is 0.0627. The lowest BCUT2D eigenvalue weighted by Gasteiger charge is -2.24. The molecular formula is C39H43ClN2O3S. The lowest BCUT2D eigenvalue weighted by atomic mass is 9.81. The van der Waals surface area contributed by atoms with Gasteiger partial charge in [-0.1, -0.05) is 91.7 Å². The van der Waals surface area contributed by atoms with Crippen LogP contribution < -0.4 is 4.90 Å². The second kappa shape index (κ2) is 12.8. The van der Waals surface area contributed by atoms with Gasteiger partial charge >= 0.3 is 0 Å². The molecule has 0 saturated carbocycles. The number of fused-ring (bicyclic) bond motifs is 2. The van der Waals surface area contributed by atoms with Crippen LogP contribution in [0.25, 0.3) is 0 Å². The monoisotopic (exact) mass is 654 g/mol. The molecule has 0 aromatic heterocycles. The first-order valence-corrected chi connectivity index (χ1v) is 17.5. The highest BCUT2D eigenvalue weighted by Crippen LogP contribution is 2.47. The molecule has 0 radical (unpaired) electrons. The van der Waals surface area contributed by atoms with Crippen molar-refractivity contribution >= 4 is 38.8 Å². The lowest BCUT2D eigenvalue weighted by Crippen LogP contribution is -2.26. The fourth-order valence-corrected chi connectivity index (χ4v) is 7.66. The van der Waals surface area contributed by atoms with Crippen LogP contribution in [0.2, 0.25) is 0 Å². The average molecular weight is 655 g/mol. The maximum atomic E-state index is 10.4. The number of benzene rings is 3. The molecule has 0 atom stereocenters. The van der Waals surface area contributed by atoms with Gasteiger partial charge in [0.2, 0.25) is 5.69 Å². The second-order valence-corrected chi connectivity index (χ2v) is 15.1. The average Bonchev–Trinajstić information content (AvgIpc) is 3.33. The van der Waals surface area contributed by atoms with E-state index in [4.69, 9.17) is 11.6 Å². The quantitative estimate of drug-likeness (QED) is 0.208. The van der Waals surface area contributed by atoms with Gasteiger partial charge in [-0.25, -0.2) is 8.42 Å². The Morgan fingerprint density at radius 3 is 2.11 bits per heavy atom. The van der Waals surface area contributed by atoms with Crippen LogP contribution in [-0.2, 0) is 20.9 Å². The molecule has 0 saturated heterocycles. The third-order valence-electron chi connectivity index (χ3n) is 9.53. The number of hydrogen-bond donors (Lipinski definition) is 0. The predicted octanol–water partition coefficient (Wildman–Crippen LogP) is 9.06. The van der Waals surface area contributed by atoms with E-state index in [-0.39, 0.29) is 15.7 Å². The standard InChI is InChI=1S/C32H36ClN2.C7H8O3S/c1-31(2)24-14-7-9-16-26(24)34(5)28(31)20-18-22-12-11-13-23(30(22)33)19-21-29-32(3,4)25-15-8-10-17-27(25)35(29)6;1-6-2-4-7(5-3-6)11(8,9)10/h7-10,14-21H,11-13H2,1-6H3;2-5H,1H3,(H,8,9,10)/q+1;/p-1. The Balaban J connectivity index is 0.000000322. The number of aryl methyl sites for hydroxylation is 1. The van der Waals surface area contributed by atoms with Gasteiger partial charge in [0.25, 0.3) is 0 Å². The summed E-state index contributed by atoms with van der Waals surface area (Å²) in [6, 6.07) is 23.2. The first-order chi connectivity index (χ1) is 21.6. The van der Waals surface area contributed by atoms with Gasteiger partial charge in [-0.15, -0.1) is 0 Å². The van der Waals surface area contributed by atoms with Gasteiger partial charge in [0, 0.05) is 46.6 Å². The fraction of sp³-hybridized carbons (Fsp3) is 0.308. The number of rotatable bonds is 4. The van der Waals surface area contributed by atoms with E-state index < -0.39 is 10.1 Å². The summed E-state index contributed by atoms with van der Waals surface area (Å²) in [5.41, 5.74) is 11.3. The van der Waals surface area contributed by atoms with E-state index in [1.165, 1.54) is 57.2 Å². The van der Waals surface area contributed by atoms with Crippen LogP contribution in [0.5, 0.6) is 0 Å². The number of likely N-dealkylation sites (N-methyl/N-ethyl adjacent to an activating group) is 1. The Morgan fingerprint density at radius 1 is 0.848 bits per heavy atom. The summed E-state index contributed by atoms with van der Waals surface area (Å²) >= 11 is 7.01. The van der Waals surface area contributed by atoms with Gasteiger partial charge in [0.15, 0.2) is 5.71 Å². The minimum Gasteiger partial charge on any atom is -0.744 e. The van der Waals surface area contributed by atoms with Crippen molar-refractivity contribution in [2.45, 2.75) is 69.6 Å². The Bertz CT molecular complexity index is 1930. The van der Waals surface area contributed by atoms with E-state index in [0.29, 0.717) is 0 Å². The molecule has 2 heterocycles. The van der Waals surface area contributed by atoms with E-state index in [1.807, 2.05) is 6.92 Å². The molecule has 7 heteroatoms. The van der Waals surface area contributed by atoms with Crippen molar-refractivity contribution < 1.29 is 17.5 Å². The minimum absolute atomic E-state index is 0.0275. The van der Waals surface area contributed by atoms with Crippen LogP contribution in [0.4, 0.5) is 11.4 Å². The number of halogens is 1.